The number of nitrogens with zero attached hydrogens (tertiary/aromatic N) is 3. The fraction of sp³-hybridized carbons (Fsp3) is 0.412. The molecule has 0 saturated carbocycles. The van der Waals surface area contributed by atoms with Crippen molar-refractivity contribution in [2.45, 2.75) is 32.4 Å². The van der Waals surface area contributed by atoms with Crippen LogP contribution in [0, 0.1) is 11.6 Å². The zero-order valence-electron chi connectivity index (χ0n) is 13.8. The smallest absolute Gasteiger partial charge is 0.352 e. The summed E-state index contributed by atoms with van der Waals surface area (Å²) in [6.45, 7) is 4.72. The normalized spacial score (nSPS) is 15.5. The Balaban J connectivity index is 1.74. The van der Waals surface area contributed by atoms with Gasteiger partial charge in [-0.2, -0.15) is 4.98 Å². The van der Waals surface area contributed by atoms with Crippen LogP contribution >= 0.6 is 0 Å². The molecule has 7 heteroatoms. The standard InChI is InChI=1S/C17H19F2N3O2/c1-17(2)10-22-14(21(17)3)9-13(20-16(22)23)24-8-7-11-5-4-6-12(18)15(11)19/h4-6,9H,7-8,10H2,1-3H3. The highest BCUT2D eigenvalue weighted by atomic mass is 19.2. The molecule has 0 spiro atoms. The lowest BCUT2D eigenvalue weighted by Gasteiger charge is -2.28. The molecule has 0 amide bonds. The van der Waals surface area contributed by atoms with Gasteiger partial charge in [0.05, 0.1) is 18.7 Å². The molecular weight excluding hydrogens is 316 g/mol. The van der Waals surface area contributed by atoms with Crippen molar-refractivity contribution in [3.63, 3.8) is 0 Å². The number of anilines is 1. The Morgan fingerprint density at radius 1 is 1.33 bits per heavy atom. The highest BCUT2D eigenvalue weighted by Gasteiger charge is 2.34. The van der Waals surface area contributed by atoms with Crippen molar-refractivity contribution < 1.29 is 13.5 Å². The van der Waals surface area contributed by atoms with Crippen molar-refractivity contribution in [3.05, 3.63) is 51.9 Å². The van der Waals surface area contributed by atoms with Gasteiger partial charge in [-0.3, -0.25) is 4.57 Å². The lowest BCUT2D eigenvalue weighted by Crippen LogP contribution is -2.38. The molecule has 0 unspecified atom stereocenters. The number of likely N-dealkylation sites (N-methyl/N-ethyl adjacent to an activating group) is 1. The van der Waals surface area contributed by atoms with E-state index in [0.717, 1.165) is 11.9 Å². The molecular formula is C17H19F2N3O2. The predicted molar refractivity (Wildman–Crippen MR) is 86.5 cm³/mol. The largest absolute Gasteiger partial charge is 0.477 e. The Labute approximate surface area is 138 Å². The summed E-state index contributed by atoms with van der Waals surface area (Å²) in [5.41, 5.74) is -0.333. The number of ether oxygens (including phenoxy) is 1. The number of hydrogen-bond donors (Lipinski definition) is 0. The zero-order valence-corrected chi connectivity index (χ0v) is 13.8. The molecule has 1 aliphatic rings. The molecule has 1 aliphatic heterocycles. The van der Waals surface area contributed by atoms with E-state index in [0.29, 0.717) is 6.54 Å². The van der Waals surface area contributed by atoms with E-state index in [4.69, 9.17) is 4.74 Å². The fourth-order valence-corrected chi connectivity index (χ4v) is 2.78. The van der Waals surface area contributed by atoms with Gasteiger partial charge in [0.1, 0.15) is 5.82 Å². The molecule has 0 aliphatic carbocycles. The van der Waals surface area contributed by atoms with Crippen molar-refractivity contribution in [2.24, 2.45) is 0 Å². The third-order valence-corrected chi connectivity index (χ3v) is 4.42. The molecule has 24 heavy (non-hydrogen) atoms. The Morgan fingerprint density at radius 3 is 2.83 bits per heavy atom. The molecule has 3 rings (SSSR count). The topological polar surface area (TPSA) is 47.4 Å². The summed E-state index contributed by atoms with van der Waals surface area (Å²) >= 11 is 0. The summed E-state index contributed by atoms with van der Waals surface area (Å²) in [5, 5.41) is 0. The minimum atomic E-state index is -0.884. The molecule has 2 aromatic rings. The second-order valence-corrected chi connectivity index (χ2v) is 6.50. The van der Waals surface area contributed by atoms with Gasteiger partial charge >= 0.3 is 5.69 Å². The lowest BCUT2D eigenvalue weighted by atomic mass is 10.1. The molecule has 0 atom stereocenters. The Hall–Kier alpha value is -2.44. The van der Waals surface area contributed by atoms with E-state index in [1.54, 1.807) is 10.6 Å². The van der Waals surface area contributed by atoms with Gasteiger partial charge in [0.25, 0.3) is 0 Å². The van der Waals surface area contributed by atoms with Gasteiger partial charge in [-0.25, -0.2) is 13.6 Å². The van der Waals surface area contributed by atoms with E-state index in [-0.39, 0.29) is 35.7 Å². The van der Waals surface area contributed by atoms with E-state index in [1.165, 1.54) is 12.1 Å². The number of halogens is 2. The number of rotatable bonds is 4. The van der Waals surface area contributed by atoms with Crippen LogP contribution < -0.4 is 15.3 Å². The van der Waals surface area contributed by atoms with Crippen LogP contribution in [-0.4, -0.2) is 28.7 Å². The zero-order chi connectivity index (χ0) is 17.5. The van der Waals surface area contributed by atoms with E-state index >= 15 is 0 Å². The Morgan fingerprint density at radius 2 is 2.08 bits per heavy atom. The van der Waals surface area contributed by atoms with Crippen LogP contribution in [0.2, 0.25) is 0 Å². The monoisotopic (exact) mass is 335 g/mol. The maximum absolute atomic E-state index is 13.6. The average Bonchev–Trinajstić information content (AvgIpc) is 2.75. The second kappa shape index (κ2) is 5.89. The minimum absolute atomic E-state index is 0.101. The van der Waals surface area contributed by atoms with Crippen LogP contribution in [0.25, 0.3) is 0 Å². The van der Waals surface area contributed by atoms with Gasteiger partial charge in [0.2, 0.25) is 5.88 Å². The summed E-state index contributed by atoms with van der Waals surface area (Å²) in [7, 11) is 1.91. The van der Waals surface area contributed by atoms with Gasteiger partial charge in [-0.15, -0.1) is 0 Å². The first-order valence-corrected chi connectivity index (χ1v) is 7.71. The molecule has 2 heterocycles. The lowest BCUT2D eigenvalue weighted by molar-refractivity contribution is 0.304. The van der Waals surface area contributed by atoms with Crippen molar-refractivity contribution in [2.75, 3.05) is 18.6 Å². The maximum Gasteiger partial charge on any atom is 0.352 e. The average molecular weight is 335 g/mol. The molecule has 0 bridgehead atoms. The van der Waals surface area contributed by atoms with Crippen molar-refractivity contribution >= 4 is 5.82 Å². The fourth-order valence-electron chi connectivity index (χ4n) is 2.78. The number of aromatic nitrogens is 2. The van der Waals surface area contributed by atoms with Gasteiger partial charge in [-0.05, 0) is 25.5 Å². The van der Waals surface area contributed by atoms with E-state index < -0.39 is 11.6 Å². The van der Waals surface area contributed by atoms with Crippen LogP contribution in [0.5, 0.6) is 5.88 Å². The molecule has 128 valence electrons. The SMILES string of the molecule is CN1c2cc(OCCc3cccc(F)c3F)nc(=O)n2CC1(C)C. The third kappa shape index (κ3) is 2.86. The van der Waals surface area contributed by atoms with Crippen molar-refractivity contribution in [1.82, 2.24) is 9.55 Å². The van der Waals surface area contributed by atoms with Gasteiger partial charge < -0.3 is 9.64 Å². The molecule has 1 aromatic carbocycles. The number of fused-ring (bicyclic) bond motifs is 1. The Kier molecular flexibility index (Phi) is 4.03. The molecule has 5 nitrogen and oxygen atoms in total. The third-order valence-electron chi connectivity index (χ3n) is 4.42. The predicted octanol–water partition coefficient (Wildman–Crippen LogP) is 2.37. The number of benzene rings is 1. The van der Waals surface area contributed by atoms with E-state index in [1.807, 2.05) is 25.8 Å². The second-order valence-electron chi connectivity index (χ2n) is 6.50. The first-order valence-electron chi connectivity index (χ1n) is 7.71. The first kappa shape index (κ1) is 16.4. The molecule has 1 aromatic heterocycles. The summed E-state index contributed by atoms with van der Waals surface area (Å²) in [6.07, 6.45) is 0.186. The highest BCUT2D eigenvalue weighted by Crippen LogP contribution is 2.31. The summed E-state index contributed by atoms with van der Waals surface area (Å²) in [5.74, 6) is -0.839. The van der Waals surface area contributed by atoms with E-state index in [9.17, 15) is 13.6 Å². The van der Waals surface area contributed by atoms with Crippen molar-refractivity contribution in [1.29, 1.82) is 0 Å². The van der Waals surface area contributed by atoms with Crippen LogP contribution in [0.4, 0.5) is 14.6 Å². The molecule has 0 fully saturated rings. The van der Waals surface area contributed by atoms with Crippen LogP contribution in [0.3, 0.4) is 0 Å². The van der Waals surface area contributed by atoms with Crippen LogP contribution in [0.15, 0.2) is 29.1 Å². The maximum atomic E-state index is 13.6. The Bertz CT molecular complexity index is 833. The minimum Gasteiger partial charge on any atom is -0.477 e. The van der Waals surface area contributed by atoms with E-state index in [2.05, 4.69) is 4.98 Å². The molecule has 0 saturated heterocycles. The van der Waals surface area contributed by atoms with Crippen LogP contribution in [-0.2, 0) is 13.0 Å². The molecule has 0 N–H and O–H groups in total. The van der Waals surface area contributed by atoms with Crippen LogP contribution in [0.1, 0.15) is 19.4 Å². The summed E-state index contributed by atoms with van der Waals surface area (Å²) in [4.78, 5) is 18.0. The number of hydrogen-bond acceptors (Lipinski definition) is 4. The summed E-state index contributed by atoms with van der Waals surface area (Å²) < 4.78 is 33.9. The van der Waals surface area contributed by atoms with Gasteiger partial charge in [0.15, 0.2) is 11.6 Å². The highest BCUT2D eigenvalue weighted by molar-refractivity contribution is 5.47. The quantitative estimate of drug-likeness (QED) is 0.861. The van der Waals surface area contributed by atoms with Gasteiger partial charge in [0, 0.05) is 19.5 Å². The summed E-state index contributed by atoms with van der Waals surface area (Å²) in [6, 6.07) is 5.71. The first-order chi connectivity index (χ1) is 11.3. The van der Waals surface area contributed by atoms with Gasteiger partial charge in [-0.1, -0.05) is 12.1 Å². The van der Waals surface area contributed by atoms with Crippen molar-refractivity contribution in [3.8, 4) is 5.88 Å². The molecule has 0 radical (unpaired) electrons.